The molecule has 1 saturated carbocycles. The summed E-state index contributed by atoms with van der Waals surface area (Å²) in [6.45, 7) is 2.68. The molecule has 1 heterocycles. The van der Waals surface area contributed by atoms with Gasteiger partial charge in [-0.15, -0.1) is 11.3 Å². The van der Waals surface area contributed by atoms with Gasteiger partial charge in [-0.05, 0) is 36.8 Å². The van der Waals surface area contributed by atoms with Crippen molar-refractivity contribution >= 4 is 23.3 Å². The van der Waals surface area contributed by atoms with Gasteiger partial charge in [0.1, 0.15) is 0 Å². The van der Waals surface area contributed by atoms with E-state index in [2.05, 4.69) is 10.6 Å². The van der Waals surface area contributed by atoms with E-state index in [1.807, 2.05) is 18.4 Å². The van der Waals surface area contributed by atoms with Gasteiger partial charge in [0.05, 0.1) is 12.0 Å². The smallest absolute Gasteiger partial charge is 0.315 e. The topological polar surface area (TPSA) is 78.4 Å². The second-order valence-corrected chi connectivity index (χ2v) is 5.65. The van der Waals surface area contributed by atoms with Crippen LogP contribution in [0.3, 0.4) is 0 Å². The summed E-state index contributed by atoms with van der Waals surface area (Å²) in [5.74, 6) is -0.822. The first-order chi connectivity index (χ1) is 8.53. The van der Waals surface area contributed by atoms with Gasteiger partial charge in [-0.3, -0.25) is 4.79 Å². The third-order valence-electron chi connectivity index (χ3n) is 3.27. The van der Waals surface area contributed by atoms with Crippen LogP contribution in [0.25, 0.3) is 0 Å². The summed E-state index contributed by atoms with van der Waals surface area (Å²) < 4.78 is 0. The lowest BCUT2D eigenvalue weighted by atomic mass is 10.1. The molecule has 0 radical (unpaired) electrons. The Morgan fingerprint density at radius 1 is 1.44 bits per heavy atom. The molecule has 0 atom stereocenters. The SMILES string of the molecule is Cc1ccsc1CNC(=O)NCC1(C(=O)O)CC1. The third-order valence-corrected chi connectivity index (χ3v) is 4.30. The van der Waals surface area contributed by atoms with Crippen molar-refractivity contribution in [2.24, 2.45) is 5.41 Å². The Hall–Kier alpha value is -1.56. The number of amides is 2. The zero-order chi connectivity index (χ0) is 13.2. The molecule has 0 saturated heterocycles. The van der Waals surface area contributed by atoms with E-state index in [9.17, 15) is 9.59 Å². The minimum absolute atomic E-state index is 0.206. The average molecular weight is 268 g/mol. The molecule has 0 unspecified atom stereocenters. The Morgan fingerprint density at radius 2 is 2.17 bits per heavy atom. The first kappa shape index (κ1) is 12.9. The van der Waals surface area contributed by atoms with Crippen LogP contribution in [0.1, 0.15) is 23.3 Å². The van der Waals surface area contributed by atoms with Crippen LogP contribution >= 0.6 is 11.3 Å². The molecular formula is C12H16N2O3S. The average Bonchev–Trinajstić information content (AvgIpc) is 3.02. The van der Waals surface area contributed by atoms with Gasteiger partial charge in [0, 0.05) is 11.4 Å². The molecule has 5 nitrogen and oxygen atoms in total. The molecule has 0 aromatic carbocycles. The van der Waals surface area contributed by atoms with Crippen molar-refractivity contribution in [3.05, 3.63) is 21.9 Å². The van der Waals surface area contributed by atoms with Crippen LogP contribution in [0, 0.1) is 12.3 Å². The van der Waals surface area contributed by atoms with Gasteiger partial charge in [-0.25, -0.2) is 4.79 Å². The second-order valence-electron chi connectivity index (χ2n) is 4.65. The molecule has 6 heteroatoms. The van der Waals surface area contributed by atoms with Crippen LogP contribution in [0.15, 0.2) is 11.4 Å². The van der Waals surface area contributed by atoms with Gasteiger partial charge in [-0.1, -0.05) is 0 Å². The fourth-order valence-electron chi connectivity index (χ4n) is 1.67. The highest BCUT2D eigenvalue weighted by molar-refractivity contribution is 7.10. The molecule has 1 fully saturated rings. The van der Waals surface area contributed by atoms with Crippen molar-refractivity contribution in [1.82, 2.24) is 10.6 Å². The number of carbonyl (C=O) groups excluding carboxylic acids is 1. The van der Waals surface area contributed by atoms with E-state index in [1.54, 1.807) is 11.3 Å². The van der Waals surface area contributed by atoms with E-state index >= 15 is 0 Å². The third kappa shape index (κ3) is 2.81. The fraction of sp³-hybridized carbons (Fsp3) is 0.500. The van der Waals surface area contributed by atoms with Crippen LogP contribution in [0.4, 0.5) is 4.79 Å². The number of nitrogens with one attached hydrogen (secondary N) is 2. The van der Waals surface area contributed by atoms with E-state index in [4.69, 9.17) is 5.11 Å². The number of urea groups is 1. The molecule has 2 amide bonds. The first-order valence-corrected chi connectivity index (χ1v) is 6.69. The lowest BCUT2D eigenvalue weighted by Crippen LogP contribution is -2.40. The van der Waals surface area contributed by atoms with Crippen LogP contribution in [-0.4, -0.2) is 23.7 Å². The summed E-state index contributed by atoms with van der Waals surface area (Å²) >= 11 is 1.60. The zero-order valence-corrected chi connectivity index (χ0v) is 11.0. The normalized spacial score (nSPS) is 16.1. The van der Waals surface area contributed by atoms with Gasteiger partial charge in [-0.2, -0.15) is 0 Å². The van der Waals surface area contributed by atoms with E-state index in [-0.39, 0.29) is 12.6 Å². The molecule has 3 N–H and O–H groups in total. The molecule has 1 aliphatic carbocycles. The number of carboxylic acids is 1. The second kappa shape index (κ2) is 4.97. The summed E-state index contributed by atoms with van der Waals surface area (Å²) in [5, 5.41) is 16.3. The summed E-state index contributed by atoms with van der Waals surface area (Å²) in [4.78, 5) is 23.6. The van der Waals surface area contributed by atoms with Crippen LogP contribution < -0.4 is 10.6 Å². The van der Waals surface area contributed by atoms with Gasteiger partial charge in [0.2, 0.25) is 0 Å². The van der Waals surface area contributed by atoms with E-state index in [1.165, 1.54) is 0 Å². The summed E-state index contributed by atoms with van der Waals surface area (Å²) in [5.41, 5.74) is 0.445. The Labute approximate surface area is 109 Å². The Kier molecular flexibility index (Phi) is 3.56. The summed E-state index contributed by atoms with van der Waals surface area (Å²) in [6.07, 6.45) is 1.29. The van der Waals surface area contributed by atoms with Crippen molar-refractivity contribution in [3.8, 4) is 0 Å². The lowest BCUT2D eigenvalue weighted by Gasteiger charge is -2.11. The summed E-state index contributed by atoms with van der Waals surface area (Å²) in [6, 6.07) is 1.69. The maximum Gasteiger partial charge on any atom is 0.315 e. The molecule has 0 spiro atoms. The van der Waals surface area contributed by atoms with Crippen molar-refractivity contribution in [1.29, 1.82) is 0 Å². The highest BCUT2D eigenvalue weighted by atomic mass is 32.1. The number of carboxylic acid groups (broad SMARTS) is 1. The minimum Gasteiger partial charge on any atom is -0.481 e. The van der Waals surface area contributed by atoms with Crippen molar-refractivity contribution < 1.29 is 14.7 Å². The number of thiophene rings is 1. The van der Waals surface area contributed by atoms with Crippen LogP contribution in [0.5, 0.6) is 0 Å². The van der Waals surface area contributed by atoms with Crippen LogP contribution in [0.2, 0.25) is 0 Å². The molecule has 0 aliphatic heterocycles. The van der Waals surface area contributed by atoms with E-state index in [0.29, 0.717) is 19.4 Å². The molecule has 1 aliphatic rings. The number of hydrogen-bond donors (Lipinski definition) is 3. The predicted octanol–water partition coefficient (Wildman–Crippen LogP) is 1.72. The molecular weight excluding hydrogens is 252 g/mol. The van der Waals surface area contributed by atoms with Crippen molar-refractivity contribution in [2.75, 3.05) is 6.54 Å². The number of aliphatic carboxylic acids is 1. The maximum atomic E-state index is 11.5. The van der Waals surface area contributed by atoms with Crippen LogP contribution in [-0.2, 0) is 11.3 Å². The molecule has 2 rings (SSSR count). The Balaban J connectivity index is 1.73. The highest BCUT2D eigenvalue weighted by Gasteiger charge is 2.50. The van der Waals surface area contributed by atoms with Gasteiger partial charge >= 0.3 is 12.0 Å². The van der Waals surface area contributed by atoms with Gasteiger partial charge in [0.25, 0.3) is 0 Å². The van der Waals surface area contributed by atoms with Crippen molar-refractivity contribution in [2.45, 2.75) is 26.3 Å². The quantitative estimate of drug-likeness (QED) is 0.761. The first-order valence-electron chi connectivity index (χ1n) is 5.82. The predicted molar refractivity (Wildman–Crippen MR) is 68.6 cm³/mol. The Bertz CT molecular complexity index is 466. The number of aryl methyl sites for hydroxylation is 1. The number of hydrogen-bond acceptors (Lipinski definition) is 3. The van der Waals surface area contributed by atoms with E-state index < -0.39 is 11.4 Å². The standard InChI is InChI=1S/C12H16N2O3S/c1-8-2-5-18-9(8)6-13-11(17)14-7-12(3-4-12)10(15)16/h2,5H,3-4,6-7H2,1H3,(H,15,16)(H2,13,14,17). The summed E-state index contributed by atoms with van der Waals surface area (Å²) in [7, 11) is 0. The lowest BCUT2D eigenvalue weighted by molar-refractivity contribution is -0.143. The number of rotatable bonds is 5. The minimum atomic E-state index is -0.822. The molecule has 18 heavy (non-hydrogen) atoms. The Morgan fingerprint density at radius 3 is 2.67 bits per heavy atom. The van der Waals surface area contributed by atoms with Gasteiger partial charge < -0.3 is 15.7 Å². The van der Waals surface area contributed by atoms with E-state index in [0.717, 1.165) is 10.4 Å². The zero-order valence-electron chi connectivity index (χ0n) is 10.2. The maximum absolute atomic E-state index is 11.5. The monoisotopic (exact) mass is 268 g/mol. The number of carbonyl (C=O) groups is 2. The fourth-order valence-corrected chi connectivity index (χ4v) is 2.52. The molecule has 1 aromatic rings. The molecule has 0 bridgehead atoms. The highest BCUT2D eigenvalue weighted by Crippen LogP contribution is 2.45. The largest absolute Gasteiger partial charge is 0.481 e. The molecule has 98 valence electrons. The van der Waals surface area contributed by atoms with Crippen molar-refractivity contribution in [3.63, 3.8) is 0 Å². The van der Waals surface area contributed by atoms with Gasteiger partial charge in [0.15, 0.2) is 0 Å². The molecule has 1 aromatic heterocycles.